The van der Waals surface area contributed by atoms with E-state index >= 15 is 0 Å². The van der Waals surface area contributed by atoms with E-state index in [1.165, 1.54) is 24.3 Å². The topological polar surface area (TPSA) is 404 Å². The summed E-state index contributed by atoms with van der Waals surface area (Å²) < 4.78 is 118. The van der Waals surface area contributed by atoms with E-state index in [2.05, 4.69) is 78.3 Å². The molecule has 0 aromatic heterocycles. The van der Waals surface area contributed by atoms with Crippen LogP contribution in [0.1, 0.15) is 160 Å². The van der Waals surface area contributed by atoms with Gasteiger partial charge < -0.3 is 45.6 Å². The summed E-state index contributed by atoms with van der Waals surface area (Å²) in [4.78, 5) is 90.1. The van der Waals surface area contributed by atoms with Crippen LogP contribution in [0.3, 0.4) is 0 Å². The van der Waals surface area contributed by atoms with Crippen LogP contribution in [0.5, 0.6) is 5.75 Å². The Labute approximate surface area is 647 Å². The summed E-state index contributed by atoms with van der Waals surface area (Å²) in [5, 5.41) is 39.2. The van der Waals surface area contributed by atoms with Crippen molar-refractivity contribution < 1.29 is 102 Å². The highest BCUT2D eigenvalue weighted by atomic mass is 32.2. The molecule has 0 spiro atoms. The molecular formula is C82H98N5O21S3+. The fraction of sp³-hybridized carbons (Fsp3) is 0.415. The number of fused-ring (bicyclic) bond motifs is 4. The van der Waals surface area contributed by atoms with E-state index in [4.69, 9.17) is 14.6 Å². The average molecular weight is 1590 g/mol. The van der Waals surface area contributed by atoms with Crippen LogP contribution in [0.15, 0.2) is 172 Å². The second-order valence-corrected chi connectivity index (χ2v) is 33.8. The highest BCUT2D eigenvalue weighted by Gasteiger charge is 2.45. The molecule has 594 valence electrons. The van der Waals surface area contributed by atoms with Gasteiger partial charge in [-0.2, -0.15) is 29.8 Å². The Kier molecular flexibility index (Phi) is 28.8. The number of carboxylic acid groups (broad SMARTS) is 3. The second kappa shape index (κ2) is 37.5. The Bertz CT molecular complexity index is 5030. The number of ether oxygens (including phenoxy) is 2. The third kappa shape index (κ3) is 23.2. The van der Waals surface area contributed by atoms with Gasteiger partial charge in [0.1, 0.15) is 29.9 Å². The number of ketones is 2. The molecule has 3 amide bonds. The third-order valence-corrected chi connectivity index (χ3v) is 22.9. The number of nitrogens with one attached hydrogen (secondary N) is 3. The van der Waals surface area contributed by atoms with Crippen LogP contribution < -0.4 is 25.6 Å². The van der Waals surface area contributed by atoms with Crippen LogP contribution in [0, 0.1) is 5.92 Å². The minimum absolute atomic E-state index is 0.0117. The number of amides is 3. The first kappa shape index (κ1) is 85.3. The number of benzene rings is 6. The van der Waals surface area contributed by atoms with Gasteiger partial charge in [-0.1, -0.05) is 94.3 Å². The molecule has 2 heterocycles. The van der Waals surface area contributed by atoms with Crippen LogP contribution in [0.25, 0.3) is 21.5 Å². The fourth-order valence-corrected chi connectivity index (χ4v) is 16.0. The lowest BCUT2D eigenvalue weighted by molar-refractivity contribution is -0.438. The minimum Gasteiger partial charge on any atom is -0.481 e. The van der Waals surface area contributed by atoms with E-state index in [0.717, 1.165) is 75.1 Å². The molecule has 0 unspecified atom stereocenters. The van der Waals surface area contributed by atoms with Gasteiger partial charge >= 0.3 is 23.9 Å². The Morgan fingerprint density at radius 2 is 1.29 bits per heavy atom. The number of unbranched alkanes of at least 4 members (excludes halogenated alkanes) is 3. The number of allylic oxidation sites excluding steroid dienone is 7. The smallest absolute Gasteiger partial charge is 0.326 e. The standard InChI is InChI=1S/C82H97N5O21S3/c1-6-7-11-39-86-70-50-59-46-64(110(101,102)103)32-25-57(59)48-66(70)81(2,3)73(86)35-27-55-19-14-20-56(28-36-74-82(4,5)67-49-58-26-33-65(111(104,105)106)47-60(58)51-71(67)87(74)40-12-13-43-109(98,99)100)77(55)108-63-30-23-54(24-31-63)44-61(78(93)94)52-72(89)69(45-53-17-9-8-10-18-53)84-75(90)37-42-107-41-16-21-62(88)29-34-68(79(95)96)85-80(97)83-38-15-22-76(91)92/h8-10,17-18,23-28,30-33,35-36,46-51,61,68-69H,6-7,11-16,19-22,29,34,37-45,52H2,1-5H3,(H8-,83,84,85,90,91,92,93,94,95,96,97,98,99,100,101,102,103,104,105,106)/p+1/t61-,68+,69+/m1/s1. The molecule has 6 aromatic carbocycles. The Morgan fingerprint density at radius 1 is 0.622 bits per heavy atom. The van der Waals surface area contributed by atoms with Gasteiger partial charge in [0, 0.05) is 92.7 Å². The maximum Gasteiger partial charge on any atom is 0.326 e. The van der Waals surface area contributed by atoms with Gasteiger partial charge in [0.05, 0.1) is 39.5 Å². The number of urea groups is 1. The summed E-state index contributed by atoms with van der Waals surface area (Å²) in [5.74, 6) is -5.70. The van der Waals surface area contributed by atoms with Gasteiger partial charge in [-0.05, 0) is 194 Å². The zero-order valence-corrected chi connectivity index (χ0v) is 65.4. The molecule has 0 bridgehead atoms. The first-order chi connectivity index (χ1) is 52.5. The van der Waals surface area contributed by atoms with Crippen LogP contribution >= 0.6 is 0 Å². The molecule has 0 radical (unpaired) electrons. The molecule has 29 heteroatoms. The Morgan fingerprint density at radius 3 is 1.93 bits per heavy atom. The van der Waals surface area contributed by atoms with Gasteiger partial charge in [-0.25, -0.2) is 9.59 Å². The quantitative estimate of drug-likeness (QED) is 0.00978. The first-order valence-corrected chi connectivity index (χ1v) is 41.8. The lowest BCUT2D eigenvalue weighted by atomic mass is 9.80. The fourth-order valence-electron chi connectivity index (χ4n) is 14.4. The lowest BCUT2D eigenvalue weighted by Gasteiger charge is -2.27. The lowest BCUT2D eigenvalue weighted by Crippen LogP contribution is -2.46. The first-order valence-electron chi connectivity index (χ1n) is 37.3. The van der Waals surface area contributed by atoms with Crippen molar-refractivity contribution in [2.75, 3.05) is 43.5 Å². The van der Waals surface area contributed by atoms with Gasteiger partial charge in [-0.15, -0.1) is 0 Å². The van der Waals surface area contributed by atoms with E-state index in [1.807, 2.05) is 30.4 Å². The molecule has 111 heavy (non-hydrogen) atoms. The van der Waals surface area contributed by atoms with Crippen molar-refractivity contribution in [3.63, 3.8) is 0 Å². The summed E-state index contributed by atoms with van der Waals surface area (Å²) in [6.07, 6.45) is 12.5. The average Bonchev–Trinajstić information content (AvgIpc) is 1.59. The maximum atomic E-state index is 14.3. The van der Waals surface area contributed by atoms with Crippen molar-refractivity contribution in [1.29, 1.82) is 0 Å². The number of Topliss-reactive ketones (excluding diaryl/α,β-unsaturated/α-hetero) is 2. The molecule has 26 nitrogen and oxygen atoms in total. The summed E-state index contributed by atoms with van der Waals surface area (Å²) in [6.45, 7) is 11.5. The normalized spacial score (nSPS) is 16.4. The molecule has 0 fully saturated rings. The molecular weight excluding hydrogens is 1490 g/mol. The number of rotatable bonds is 41. The monoisotopic (exact) mass is 1580 g/mol. The highest BCUT2D eigenvalue weighted by molar-refractivity contribution is 7.86. The van der Waals surface area contributed by atoms with Crippen LogP contribution in [-0.4, -0.2) is 157 Å². The number of nitrogens with zero attached hydrogens (tertiary/aromatic N) is 2. The molecule has 2 aliphatic heterocycles. The predicted octanol–water partition coefficient (Wildman–Crippen LogP) is 12.5. The van der Waals surface area contributed by atoms with Crippen LogP contribution in [0.4, 0.5) is 16.2 Å². The molecule has 0 saturated carbocycles. The van der Waals surface area contributed by atoms with Crippen molar-refractivity contribution in [2.45, 2.75) is 183 Å². The van der Waals surface area contributed by atoms with E-state index in [0.29, 0.717) is 72.2 Å². The van der Waals surface area contributed by atoms with Gasteiger partial charge in [-0.3, -0.25) is 37.6 Å². The Balaban J connectivity index is 0.966. The molecule has 6 aromatic rings. The van der Waals surface area contributed by atoms with Crippen molar-refractivity contribution in [3.05, 3.63) is 184 Å². The Hall–Kier alpha value is -9.75. The van der Waals surface area contributed by atoms with Gasteiger partial charge in [0.25, 0.3) is 30.4 Å². The zero-order chi connectivity index (χ0) is 80.6. The number of carboxylic acids is 3. The molecule has 0 saturated heterocycles. The van der Waals surface area contributed by atoms with Crippen molar-refractivity contribution >= 4 is 110 Å². The van der Waals surface area contributed by atoms with Crippen LogP contribution in [-0.2, 0) is 87.5 Å². The minimum atomic E-state index is -4.56. The molecule has 9 rings (SSSR count). The van der Waals surface area contributed by atoms with E-state index < -0.39 is 107 Å². The number of carbonyl (C=O) groups is 7. The van der Waals surface area contributed by atoms with Crippen molar-refractivity contribution in [2.24, 2.45) is 5.92 Å². The molecule has 1 aliphatic carbocycles. The summed E-state index contributed by atoms with van der Waals surface area (Å²) >= 11 is 0. The molecule has 3 aliphatic rings. The van der Waals surface area contributed by atoms with E-state index in [-0.39, 0.29) is 99.5 Å². The SMILES string of the molecule is CCCCCN1/C(=C/C=C2\CCCC(/C=C/C3=[N+](CCCCS(=O)(=O)O)c4cc5cc(S(=O)(=O)O)ccc5cc4C3(C)C)=C2Oc2ccc(C[C@H](CC(=O)[C@H](Cc3ccccc3)NC(=O)CCOCCCC(=O)CC[C@H](NC(=O)NCCCC(=O)O)C(=O)O)C(=O)O)cc2)C(C)(C)c2cc3ccc(S(=O)(=O)O)cc3cc21. The predicted molar refractivity (Wildman–Crippen MR) is 419 cm³/mol. The number of hydrogen-bond acceptors (Lipinski definition) is 16. The zero-order valence-electron chi connectivity index (χ0n) is 62.9. The number of anilines is 1. The second-order valence-electron chi connectivity index (χ2n) is 29.4. The van der Waals surface area contributed by atoms with Crippen LogP contribution in [0.2, 0.25) is 0 Å². The molecule has 9 N–H and O–H groups in total. The highest BCUT2D eigenvalue weighted by Crippen LogP contribution is 2.50. The van der Waals surface area contributed by atoms with Crippen molar-refractivity contribution in [1.82, 2.24) is 16.0 Å². The summed E-state index contributed by atoms with van der Waals surface area (Å²) in [5.41, 5.74) is 7.03. The molecule has 3 atom stereocenters. The number of carbonyl (C=O) groups excluding carboxylic acids is 4. The van der Waals surface area contributed by atoms with E-state index in [9.17, 15) is 82.7 Å². The van der Waals surface area contributed by atoms with E-state index in [1.54, 1.807) is 66.7 Å². The number of hydrogen-bond donors (Lipinski definition) is 9. The van der Waals surface area contributed by atoms with Gasteiger partial charge in [0.2, 0.25) is 11.6 Å². The summed E-state index contributed by atoms with van der Waals surface area (Å²) in [6, 6.07) is 29.3. The van der Waals surface area contributed by atoms with Crippen molar-refractivity contribution in [3.8, 4) is 5.75 Å². The maximum absolute atomic E-state index is 14.3. The number of aliphatic carboxylic acids is 3. The third-order valence-electron chi connectivity index (χ3n) is 20.4. The van der Waals surface area contributed by atoms with Gasteiger partial charge in [0.15, 0.2) is 11.5 Å². The summed E-state index contributed by atoms with van der Waals surface area (Å²) in [7, 11) is -13.3. The largest absolute Gasteiger partial charge is 0.481 e.